The van der Waals surface area contributed by atoms with E-state index in [-0.39, 0.29) is 61.2 Å². The lowest BCUT2D eigenvalue weighted by Crippen LogP contribution is -2.46. The lowest BCUT2D eigenvalue weighted by atomic mass is 9.93. The number of rotatable bonds is 8. The van der Waals surface area contributed by atoms with E-state index in [0.717, 1.165) is 37.3 Å². The normalized spacial score (nSPS) is 17.5. The van der Waals surface area contributed by atoms with Crippen LogP contribution in [0, 0.1) is 11.6 Å². The number of sulfonamides is 1. The van der Waals surface area contributed by atoms with Crippen molar-refractivity contribution in [1.82, 2.24) is 9.62 Å². The van der Waals surface area contributed by atoms with Gasteiger partial charge in [0.05, 0.1) is 35.6 Å². The van der Waals surface area contributed by atoms with Crippen molar-refractivity contribution in [2.24, 2.45) is 0 Å². The average Bonchev–Trinajstić information content (AvgIpc) is 3.63. The van der Waals surface area contributed by atoms with Crippen molar-refractivity contribution in [3.05, 3.63) is 69.2 Å². The molecule has 0 unspecified atom stereocenters. The molecule has 1 N–H and O–H groups in total. The second kappa shape index (κ2) is 10.6. The Labute approximate surface area is 218 Å². The average molecular weight is 559 g/mol. The number of carbonyl (C=O) groups is 2. The van der Waals surface area contributed by atoms with E-state index in [1.807, 2.05) is 0 Å². The third-order valence-electron chi connectivity index (χ3n) is 6.50. The van der Waals surface area contributed by atoms with Gasteiger partial charge in [-0.25, -0.2) is 26.3 Å². The van der Waals surface area contributed by atoms with Gasteiger partial charge in [-0.15, -0.1) is 0 Å². The fraction of sp³-hybridized carbons (Fsp3) is 0.440. The number of benzene rings is 2. The maximum atomic E-state index is 15.4. The molecular formula is C25H26ClF3N2O5S. The monoisotopic (exact) mass is 558 g/mol. The summed E-state index contributed by atoms with van der Waals surface area (Å²) < 4.78 is 73.4. The van der Waals surface area contributed by atoms with Gasteiger partial charge in [-0.2, -0.15) is 0 Å². The molecular weight excluding hydrogens is 533 g/mol. The number of hydrogen-bond donors (Lipinski definition) is 1. The van der Waals surface area contributed by atoms with Crippen molar-refractivity contribution in [1.29, 1.82) is 0 Å². The highest BCUT2D eigenvalue weighted by Gasteiger charge is 2.37. The Balaban J connectivity index is 1.36. The van der Waals surface area contributed by atoms with Crippen molar-refractivity contribution in [3.63, 3.8) is 0 Å². The molecule has 4 rings (SSSR count). The summed E-state index contributed by atoms with van der Waals surface area (Å²) in [7, 11) is -3.86. The van der Waals surface area contributed by atoms with Gasteiger partial charge in [0.1, 0.15) is 17.3 Å². The molecule has 1 saturated heterocycles. The lowest BCUT2D eigenvalue weighted by Gasteiger charge is -2.36. The number of nitrogens with zero attached hydrogens (tertiary/aromatic N) is 1. The minimum atomic E-state index is -3.86. The molecule has 0 spiro atoms. The fourth-order valence-electron chi connectivity index (χ4n) is 4.36. The largest absolute Gasteiger partial charge is 0.373 e. The lowest BCUT2D eigenvalue weighted by molar-refractivity contribution is -0.0274. The van der Waals surface area contributed by atoms with Crippen LogP contribution >= 0.6 is 11.6 Å². The van der Waals surface area contributed by atoms with Crippen LogP contribution in [0.1, 0.15) is 63.4 Å². The zero-order valence-corrected chi connectivity index (χ0v) is 21.6. The first-order chi connectivity index (χ1) is 17.3. The molecule has 0 radical (unpaired) electrons. The van der Waals surface area contributed by atoms with E-state index in [2.05, 4.69) is 0 Å². The number of halogens is 4. The highest BCUT2D eigenvalue weighted by atomic mass is 35.5. The van der Waals surface area contributed by atoms with Gasteiger partial charge in [-0.1, -0.05) is 11.6 Å². The summed E-state index contributed by atoms with van der Waals surface area (Å²) in [6, 6.07) is 5.95. The smallest absolute Gasteiger partial charge is 0.267 e. The van der Waals surface area contributed by atoms with E-state index in [0.29, 0.717) is 11.1 Å². The number of nitrogens with one attached hydrogen (secondary N) is 1. The minimum absolute atomic E-state index is 0.0102. The molecule has 7 nitrogen and oxygen atoms in total. The Bertz CT molecular complexity index is 1330. The van der Waals surface area contributed by atoms with Crippen LogP contribution < -0.4 is 4.72 Å². The summed E-state index contributed by atoms with van der Waals surface area (Å²) in [4.78, 5) is 26.3. The SMILES string of the molecule is CS(=O)(=O)NC(=O)c1cc(C2CC2)c(COCC2(F)CCN(C(=O)c3ccc(F)cc3Cl)CC2)cc1F. The van der Waals surface area contributed by atoms with Crippen LogP contribution in [0.2, 0.25) is 5.02 Å². The first-order valence-electron chi connectivity index (χ1n) is 11.7. The molecule has 2 aromatic carbocycles. The zero-order valence-electron chi connectivity index (χ0n) is 20.0. The third kappa shape index (κ3) is 6.82. The Morgan fingerprint density at radius 1 is 1.14 bits per heavy atom. The maximum absolute atomic E-state index is 15.4. The Morgan fingerprint density at radius 3 is 2.41 bits per heavy atom. The van der Waals surface area contributed by atoms with E-state index in [9.17, 15) is 26.8 Å². The van der Waals surface area contributed by atoms with Crippen molar-refractivity contribution < 1.29 is 35.9 Å². The van der Waals surface area contributed by atoms with Gasteiger partial charge in [0.2, 0.25) is 10.0 Å². The number of piperidine rings is 1. The van der Waals surface area contributed by atoms with Gasteiger partial charge in [0, 0.05) is 25.9 Å². The van der Waals surface area contributed by atoms with Crippen LogP contribution in [0.4, 0.5) is 13.2 Å². The second-order valence-electron chi connectivity index (χ2n) is 9.57. The summed E-state index contributed by atoms with van der Waals surface area (Å²) in [6.45, 7) is -0.110. The molecule has 12 heteroatoms. The molecule has 1 saturated carbocycles. The molecule has 1 aliphatic carbocycles. The van der Waals surface area contributed by atoms with Crippen molar-refractivity contribution in [3.8, 4) is 0 Å². The van der Waals surface area contributed by atoms with Crippen molar-refractivity contribution in [2.45, 2.75) is 43.9 Å². The summed E-state index contributed by atoms with van der Waals surface area (Å²) >= 11 is 5.97. The highest BCUT2D eigenvalue weighted by Crippen LogP contribution is 2.43. The number of carbonyl (C=O) groups excluding carboxylic acids is 2. The van der Waals surface area contributed by atoms with E-state index < -0.39 is 39.1 Å². The molecule has 1 aliphatic heterocycles. The number of alkyl halides is 1. The Kier molecular flexibility index (Phi) is 7.87. The van der Waals surface area contributed by atoms with Gasteiger partial charge in [0.25, 0.3) is 11.8 Å². The summed E-state index contributed by atoms with van der Waals surface area (Å²) in [6.07, 6.45) is 2.51. The van der Waals surface area contributed by atoms with Gasteiger partial charge < -0.3 is 9.64 Å². The number of likely N-dealkylation sites (tertiary alicyclic amines) is 1. The van der Waals surface area contributed by atoms with E-state index in [1.54, 1.807) is 4.72 Å². The van der Waals surface area contributed by atoms with Crippen LogP contribution in [0.5, 0.6) is 0 Å². The summed E-state index contributed by atoms with van der Waals surface area (Å²) in [5.41, 5.74) is -0.787. The minimum Gasteiger partial charge on any atom is -0.373 e. The van der Waals surface area contributed by atoms with Gasteiger partial charge in [0.15, 0.2) is 0 Å². The van der Waals surface area contributed by atoms with Crippen LogP contribution in [0.25, 0.3) is 0 Å². The second-order valence-corrected chi connectivity index (χ2v) is 11.7. The van der Waals surface area contributed by atoms with Crippen LogP contribution in [0.3, 0.4) is 0 Å². The molecule has 2 aliphatic rings. The summed E-state index contributed by atoms with van der Waals surface area (Å²) in [5, 5.41) is -0.0102. The Hall–Kier alpha value is -2.63. The first-order valence-corrected chi connectivity index (χ1v) is 14.0. The fourth-order valence-corrected chi connectivity index (χ4v) is 5.05. The topological polar surface area (TPSA) is 92.8 Å². The predicted octanol–water partition coefficient (Wildman–Crippen LogP) is 4.35. The Morgan fingerprint density at radius 2 is 1.81 bits per heavy atom. The standard InChI is InChI=1S/C25H26ClF3N2O5S/c1-37(34,35)30-23(32)20-12-19(15-2-3-15)16(10-22(20)28)13-36-14-25(29)6-8-31(9-7-25)24(33)18-5-4-17(27)11-21(18)26/h4-5,10-12,15H,2-3,6-9,13-14H2,1H3,(H,30,32). The zero-order chi connectivity index (χ0) is 27.0. The number of hydrogen-bond acceptors (Lipinski definition) is 5. The van der Waals surface area contributed by atoms with Gasteiger partial charge >= 0.3 is 0 Å². The third-order valence-corrected chi connectivity index (χ3v) is 7.36. The highest BCUT2D eigenvalue weighted by molar-refractivity contribution is 7.89. The number of ether oxygens (including phenoxy) is 1. The van der Waals surface area contributed by atoms with Crippen LogP contribution in [-0.4, -0.2) is 56.8 Å². The maximum Gasteiger partial charge on any atom is 0.267 e. The first kappa shape index (κ1) is 27.4. The number of amides is 2. The van der Waals surface area contributed by atoms with Crippen molar-refractivity contribution in [2.75, 3.05) is 26.0 Å². The van der Waals surface area contributed by atoms with E-state index in [4.69, 9.17) is 16.3 Å². The van der Waals surface area contributed by atoms with Gasteiger partial charge in [-0.3, -0.25) is 9.59 Å². The predicted molar refractivity (Wildman–Crippen MR) is 131 cm³/mol. The molecule has 2 amide bonds. The molecule has 2 fully saturated rings. The van der Waals surface area contributed by atoms with Gasteiger partial charge in [-0.05, 0) is 60.2 Å². The molecule has 1 heterocycles. The van der Waals surface area contributed by atoms with Crippen molar-refractivity contribution >= 4 is 33.4 Å². The van der Waals surface area contributed by atoms with Crippen LogP contribution in [-0.2, 0) is 21.4 Å². The molecule has 0 aromatic heterocycles. The molecule has 2 aromatic rings. The van der Waals surface area contributed by atoms with E-state index >= 15 is 4.39 Å². The van der Waals surface area contributed by atoms with E-state index in [1.165, 1.54) is 17.0 Å². The van der Waals surface area contributed by atoms with Crippen LogP contribution in [0.15, 0.2) is 30.3 Å². The quantitative estimate of drug-likeness (QED) is 0.520. The molecule has 0 atom stereocenters. The molecule has 37 heavy (non-hydrogen) atoms. The molecule has 200 valence electrons. The molecule has 0 bridgehead atoms. The summed E-state index contributed by atoms with van der Waals surface area (Å²) in [5.74, 6) is -2.82.